The summed E-state index contributed by atoms with van der Waals surface area (Å²) < 4.78 is 32.7. The van der Waals surface area contributed by atoms with Crippen LogP contribution in [-0.4, -0.2) is 40.3 Å². The average molecular weight is 226 g/mol. The van der Waals surface area contributed by atoms with Gasteiger partial charge in [0.05, 0.1) is 29.8 Å². The van der Waals surface area contributed by atoms with Crippen LogP contribution in [0.3, 0.4) is 0 Å². The zero-order valence-corrected chi connectivity index (χ0v) is 8.82. The highest BCUT2D eigenvalue weighted by Gasteiger charge is 2.40. The van der Waals surface area contributed by atoms with E-state index in [0.29, 0.717) is 6.42 Å². The van der Waals surface area contributed by atoms with Gasteiger partial charge in [0.1, 0.15) is 6.10 Å². The first-order valence-electron chi connectivity index (χ1n) is 4.13. The smallest absolute Gasteiger partial charge is 0.438 e. The Labute approximate surface area is 83.7 Å². The van der Waals surface area contributed by atoms with Crippen LogP contribution >= 0.6 is 10.9 Å². The van der Waals surface area contributed by atoms with Crippen LogP contribution in [0.1, 0.15) is 13.3 Å². The van der Waals surface area contributed by atoms with Crippen molar-refractivity contribution in [3.8, 4) is 0 Å². The van der Waals surface area contributed by atoms with Crippen molar-refractivity contribution in [2.75, 3.05) is 13.7 Å². The summed E-state index contributed by atoms with van der Waals surface area (Å²) in [6.45, 7) is 1.72. The van der Waals surface area contributed by atoms with E-state index in [4.69, 9.17) is 8.92 Å². The van der Waals surface area contributed by atoms with E-state index in [1.807, 2.05) is 0 Å². The molecule has 0 amide bonds. The molecule has 7 heteroatoms. The van der Waals surface area contributed by atoms with Gasteiger partial charge in [0.15, 0.2) is 0 Å². The molecular weight excluding hydrogens is 212 g/mol. The van der Waals surface area contributed by atoms with Gasteiger partial charge < -0.3 is 18.6 Å². The first-order valence-corrected chi connectivity index (χ1v) is 5.67. The molecule has 1 fully saturated rings. The van der Waals surface area contributed by atoms with Crippen LogP contribution in [0.2, 0.25) is 0 Å². The van der Waals surface area contributed by atoms with E-state index < -0.39 is 28.4 Å². The van der Waals surface area contributed by atoms with Gasteiger partial charge in [-0.05, 0) is 6.92 Å². The van der Waals surface area contributed by atoms with Gasteiger partial charge >= 0.3 is 6.16 Å². The lowest BCUT2D eigenvalue weighted by Crippen LogP contribution is -2.39. The molecular formula is C7H14O6S. The van der Waals surface area contributed by atoms with E-state index in [9.17, 15) is 13.9 Å². The summed E-state index contributed by atoms with van der Waals surface area (Å²) in [5.41, 5.74) is 0. The molecule has 0 radical (unpaired) electrons. The first kappa shape index (κ1) is 11.6. The zero-order chi connectivity index (χ0) is 10.8. The Kier molecular flexibility index (Phi) is 3.59. The lowest BCUT2D eigenvalue weighted by atomic mass is 10.2. The molecule has 1 aliphatic heterocycles. The Balaban J connectivity index is 2.57. The third kappa shape index (κ3) is 2.50. The van der Waals surface area contributed by atoms with E-state index in [-0.39, 0.29) is 6.61 Å². The molecule has 2 atom stereocenters. The molecule has 0 aliphatic carbocycles. The number of hydrogen-bond donors (Lipinski definition) is 2. The molecule has 84 valence electrons. The minimum Gasteiger partial charge on any atom is -0.438 e. The molecule has 1 heterocycles. The molecule has 1 saturated heterocycles. The predicted octanol–water partition coefficient (Wildman–Crippen LogP) is 1.61. The summed E-state index contributed by atoms with van der Waals surface area (Å²) in [5.74, 6) is 0. The summed E-state index contributed by atoms with van der Waals surface area (Å²) in [5, 5.41) is -0.629. The molecule has 0 aromatic carbocycles. The zero-order valence-electron chi connectivity index (χ0n) is 8.00. The second-order valence-electron chi connectivity index (χ2n) is 2.96. The number of carbonyl (C=O) groups excluding carboxylic acids is 1. The normalized spacial score (nSPS) is 33.1. The van der Waals surface area contributed by atoms with Crippen LogP contribution in [0.25, 0.3) is 0 Å². The van der Waals surface area contributed by atoms with Crippen LogP contribution in [-0.2, 0) is 13.7 Å². The number of carbonyl (C=O) groups is 1. The predicted molar refractivity (Wildman–Crippen MR) is 50.2 cm³/mol. The van der Waals surface area contributed by atoms with E-state index in [1.54, 1.807) is 6.92 Å². The molecule has 0 bridgehead atoms. The van der Waals surface area contributed by atoms with Crippen LogP contribution in [0.15, 0.2) is 0 Å². The molecule has 2 N–H and O–H groups in total. The van der Waals surface area contributed by atoms with Crippen LogP contribution < -0.4 is 0 Å². The summed E-state index contributed by atoms with van der Waals surface area (Å²) >= 11 is 0. The van der Waals surface area contributed by atoms with E-state index in [0.717, 1.165) is 0 Å². The van der Waals surface area contributed by atoms with Crippen molar-refractivity contribution in [3.63, 3.8) is 0 Å². The largest absolute Gasteiger partial charge is 0.508 e. The third-order valence-corrected chi connectivity index (χ3v) is 3.87. The molecule has 0 saturated carbocycles. The van der Waals surface area contributed by atoms with Crippen molar-refractivity contribution in [1.82, 2.24) is 0 Å². The summed E-state index contributed by atoms with van der Waals surface area (Å²) in [6, 6.07) is 0. The monoisotopic (exact) mass is 226 g/mol. The molecule has 14 heavy (non-hydrogen) atoms. The van der Waals surface area contributed by atoms with Gasteiger partial charge in [-0.15, -0.1) is 0 Å². The minimum atomic E-state index is -3.10. The van der Waals surface area contributed by atoms with Crippen LogP contribution in [0, 0.1) is 0 Å². The highest BCUT2D eigenvalue weighted by Crippen LogP contribution is 2.50. The van der Waals surface area contributed by atoms with Gasteiger partial charge in [0.25, 0.3) is 0 Å². The van der Waals surface area contributed by atoms with Crippen molar-refractivity contribution in [2.45, 2.75) is 24.7 Å². The number of hydrogen-bond acceptors (Lipinski definition) is 6. The number of rotatable bonds is 1. The SMILES string of the molecule is COC(=O)OC1CCOS(O)(O)C1C. The maximum Gasteiger partial charge on any atom is 0.508 e. The third-order valence-electron chi connectivity index (χ3n) is 2.08. The van der Waals surface area contributed by atoms with Gasteiger partial charge in [-0.2, -0.15) is 0 Å². The maximum absolute atomic E-state index is 10.8. The van der Waals surface area contributed by atoms with Crippen LogP contribution in [0.4, 0.5) is 4.79 Å². The van der Waals surface area contributed by atoms with E-state index >= 15 is 0 Å². The molecule has 2 unspecified atom stereocenters. The lowest BCUT2D eigenvalue weighted by Gasteiger charge is -2.40. The van der Waals surface area contributed by atoms with E-state index in [1.165, 1.54) is 7.11 Å². The fourth-order valence-electron chi connectivity index (χ4n) is 1.15. The Morgan fingerprint density at radius 2 is 2.21 bits per heavy atom. The molecule has 1 rings (SSSR count). The van der Waals surface area contributed by atoms with Gasteiger partial charge in [-0.3, -0.25) is 4.18 Å². The molecule has 1 aliphatic rings. The first-order chi connectivity index (χ1) is 6.47. The fraction of sp³-hybridized carbons (Fsp3) is 0.857. The maximum atomic E-state index is 10.8. The minimum absolute atomic E-state index is 0.161. The summed E-state index contributed by atoms with van der Waals surface area (Å²) in [7, 11) is -1.90. The molecule has 0 spiro atoms. The second-order valence-corrected chi connectivity index (χ2v) is 5.02. The Morgan fingerprint density at radius 3 is 2.79 bits per heavy atom. The van der Waals surface area contributed by atoms with Crippen molar-refractivity contribution in [1.29, 1.82) is 0 Å². The van der Waals surface area contributed by atoms with E-state index in [2.05, 4.69) is 4.74 Å². The van der Waals surface area contributed by atoms with Gasteiger partial charge in [0, 0.05) is 6.42 Å². The number of methoxy groups -OCH3 is 1. The Hall–Kier alpha value is -0.500. The Bertz CT molecular complexity index is 218. The Morgan fingerprint density at radius 1 is 1.57 bits per heavy atom. The van der Waals surface area contributed by atoms with Gasteiger partial charge in [0.2, 0.25) is 0 Å². The lowest BCUT2D eigenvalue weighted by molar-refractivity contribution is 0.0173. The van der Waals surface area contributed by atoms with Crippen molar-refractivity contribution >= 4 is 17.0 Å². The average Bonchev–Trinajstić information content (AvgIpc) is 2.12. The van der Waals surface area contributed by atoms with Crippen molar-refractivity contribution in [3.05, 3.63) is 0 Å². The van der Waals surface area contributed by atoms with Crippen molar-refractivity contribution < 1.29 is 27.6 Å². The summed E-state index contributed by atoms with van der Waals surface area (Å²) in [4.78, 5) is 10.8. The standard InChI is InChI=1S/C7H14O6S/c1-5-6(13-7(8)11-2)3-4-12-14(5,9)10/h5-6,9-10H,3-4H2,1-2H3. The fourth-order valence-corrected chi connectivity index (χ4v) is 2.30. The molecule has 0 aromatic rings. The molecule has 0 aromatic heterocycles. The molecule has 6 nitrogen and oxygen atoms in total. The quantitative estimate of drug-likeness (QED) is 0.661. The van der Waals surface area contributed by atoms with Crippen LogP contribution in [0.5, 0.6) is 0 Å². The van der Waals surface area contributed by atoms with Gasteiger partial charge in [-0.1, -0.05) is 0 Å². The van der Waals surface area contributed by atoms with Crippen molar-refractivity contribution in [2.24, 2.45) is 0 Å². The number of ether oxygens (including phenoxy) is 2. The highest BCUT2D eigenvalue weighted by atomic mass is 32.3. The van der Waals surface area contributed by atoms with Gasteiger partial charge in [-0.25, -0.2) is 4.79 Å². The topological polar surface area (TPSA) is 85.2 Å². The summed E-state index contributed by atoms with van der Waals surface area (Å²) in [6.07, 6.45) is -0.952. The second kappa shape index (κ2) is 4.35. The highest BCUT2D eigenvalue weighted by molar-refractivity contribution is 8.20.